The molecule has 3 N–H and O–H groups in total. The second-order valence-electron chi connectivity index (χ2n) is 5.99. The van der Waals surface area contributed by atoms with Crippen LogP contribution in [0, 0.1) is 5.92 Å². The molecule has 1 atom stereocenters. The minimum absolute atomic E-state index is 0.447. The van der Waals surface area contributed by atoms with E-state index in [2.05, 4.69) is 17.1 Å². The molecule has 1 aliphatic heterocycles. The lowest BCUT2D eigenvalue weighted by molar-refractivity contribution is -0.105. The molecule has 5 nitrogen and oxygen atoms in total. The number of anilines is 1. The highest BCUT2D eigenvalue weighted by molar-refractivity contribution is 7.16. The van der Waals surface area contributed by atoms with E-state index in [4.69, 9.17) is 5.73 Å². The third-order valence-electron chi connectivity index (χ3n) is 4.93. The van der Waals surface area contributed by atoms with Gasteiger partial charge >= 0.3 is 0 Å². The quantitative estimate of drug-likeness (QED) is 0.817. The van der Waals surface area contributed by atoms with Gasteiger partial charge in [0.25, 0.3) is 5.91 Å². The fourth-order valence-corrected chi connectivity index (χ4v) is 4.64. The van der Waals surface area contributed by atoms with Gasteiger partial charge in [0.1, 0.15) is 5.00 Å². The minimum Gasteiger partial charge on any atom is -0.365 e. The maximum absolute atomic E-state index is 11.7. The zero-order valence-electron chi connectivity index (χ0n) is 12.2. The molecule has 0 aromatic carbocycles. The standard InChI is InChI=1S/C15H21N3O2S/c1-9(10-3-2-4-10)18-6-5-11-12(7-18)21-15(17-8-19)13(11)14(16)20/h8-10H,2-7H2,1H3,(H2,16,20)(H,17,19). The molecule has 1 aromatic heterocycles. The van der Waals surface area contributed by atoms with Gasteiger partial charge < -0.3 is 11.1 Å². The van der Waals surface area contributed by atoms with Crippen molar-refractivity contribution in [1.82, 2.24) is 4.90 Å². The summed E-state index contributed by atoms with van der Waals surface area (Å²) in [5.41, 5.74) is 7.03. The number of nitrogens with two attached hydrogens (primary N) is 1. The number of primary amides is 1. The van der Waals surface area contributed by atoms with Crippen LogP contribution < -0.4 is 11.1 Å². The smallest absolute Gasteiger partial charge is 0.251 e. The Kier molecular flexibility index (Phi) is 3.99. The molecule has 0 spiro atoms. The van der Waals surface area contributed by atoms with Crippen LogP contribution in [0.15, 0.2) is 0 Å². The highest BCUT2D eigenvalue weighted by Gasteiger charge is 2.33. The van der Waals surface area contributed by atoms with Crippen LogP contribution in [0.4, 0.5) is 5.00 Å². The summed E-state index contributed by atoms with van der Waals surface area (Å²) in [6.45, 7) is 4.13. The Morgan fingerprint density at radius 1 is 1.52 bits per heavy atom. The fraction of sp³-hybridized carbons (Fsp3) is 0.600. The van der Waals surface area contributed by atoms with E-state index in [1.54, 1.807) is 0 Å². The van der Waals surface area contributed by atoms with Crippen LogP contribution in [-0.4, -0.2) is 29.8 Å². The maximum atomic E-state index is 11.7. The van der Waals surface area contributed by atoms with Gasteiger partial charge in [-0.1, -0.05) is 6.42 Å². The van der Waals surface area contributed by atoms with Gasteiger partial charge in [0, 0.05) is 24.0 Å². The molecule has 21 heavy (non-hydrogen) atoms. The highest BCUT2D eigenvalue weighted by Crippen LogP contribution is 2.39. The summed E-state index contributed by atoms with van der Waals surface area (Å²) in [4.78, 5) is 26.0. The molecule has 1 fully saturated rings. The van der Waals surface area contributed by atoms with Crippen molar-refractivity contribution < 1.29 is 9.59 Å². The lowest BCUT2D eigenvalue weighted by atomic mass is 9.79. The first-order valence-electron chi connectivity index (χ1n) is 7.50. The second kappa shape index (κ2) is 5.77. The molecular weight excluding hydrogens is 286 g/mol. The van der Waals surface area contributed by atoms with Crippen LogP contribution in [0.3, 0.4) is 0 Å². The van der Waals surface area contributed by atoms with E-state index in [1.165, 1.54) is 35.5 Å². The SMILES string of the molecule is CC(C1CCC1)N1CCc2c(sc(NC=O)c2C(N)=O)C1. The van der Waals surface area contributed by atoms with Crippen LogP contribution in [0.1, 0.15) is 47.0 Å². The molecule has 1 unspecified atom stereocenters. The predicted octanol–water partition coefficient (Wildman–Crippen LogP) is 1.96. The number of amides is 2. The van der Waals surface area contributed by atoms with Crippen LogP contribution in [-0.2, 0) is 17.8 Å². The number of carbonyl (C=O) groups excluding carboxylic acids is 2. The Balaban J connectivity index is 1.83. The number of rotatable bonds is 5. The van der Waals surface area contributed by atoms with E-state index >= 15 is 0 Å². The molecule has 114 valence electrons. The first kappa shape index (κ1) is 14.5. The predicted molar refractivity (Wildman–Crippen MR) is 83.4 cm³/mol. The molecule has 3 rings (SSSR count). The molecule has 0 radical (unpaired) electrons. The van der Waals surface area contributed by atoms with Gasteiger partial charge in [0.2, 0.25) is 6.41 Å². The summed E-state index contributed by atoms with van der Waals surface area (Å²) in [6, 6.07) is 0.591. The van der Waals surface area contributed by atoms with Gasteiger partial charge in [-0.2, -0.15) is 0 Å². The van der Waals surface area contributed by atoms with Gasteiger partial charge in [-0.25, -0.2) is 0 Å². The number of hydrogen-bond acceptors (Lipinski definition) is 4. The van der Waals surface area contributed by atoms with Crippen molar-refractivity contribution in [3.05, 3.63) is 16.0 Å². The van der Waals surface area contributed by atoms with Crippen molar-refractivity contribution in [2.24, 2.45) is 11.7 Å². The lowest BCUT2D eigenvalue weighted by Gasteiger charge is -2.40. The molecule has 1 saturated carbocycles. The Morgan fingerprint density at radius 3 is 2.86 bits per heavy atom. The van der Waals surface area contributed by atoms with Crippen molar-refractivity contribution in [2.45, 2.75) is 45.2 Å². The molecule has 0 saturated heterocycles. The van der Waals surface area contributed by atoms with E-state index in [0.29, 0.717) is 23.0 Å². The number of nitrogens with zero attached hydrogens (tertiary/aromatic N) is 1. The topological polar surface area (TPSA) is 75.4 Å². The normalized spacial score (nSPS) is 20.4. The summed E-state index contributed by atoms with van der Waals surface area (Å²) in [5.74, 6) is 0.368. The minimum atomic E-state index is -0.447. The zero-order valence-corrected chi connectivity index (χ0v) is 13.0. The van der Waals surface area contributed by atoms with Crippen molar-refractivity contribution >= 4 is 28.7 Å². The molecule has 2 aliphatic rings. The Hall–Kier alpha value is -1.40. The van der Waals surface area contributed by atoms with Crippen LogP contribution in [0.5, 0.6) is 0 Å². The molecular formula is C15H21N3O2S. The van der Waals surface area contributed by atoms with Gasteiger partial charge in [-0.3, -0.25) is 14.5 Å². The van der Waals surface area contributed by atoms with E-state index in [-0.39, 0.29) is 0 Å². The molecule has 6 heteroatoms. The van der Waals surface area contributed by atoms with E-state index < -0.39 is 5.91 Å². The Morgan fingerprint density at radius 2 is 2.29 bits per heavy atom. The van der Waals surface area contributed by atoms with Gasteiger partial charge in [-0.15, -0.1) is 11.3 Å². The number of fused-ring (bicyclic) bond motifs is 1. The summed E-state index contributed by atoms with van der Waals surface area (Å²) >= 11 is 1.49. The molecule has 2 amide bonds. The number of thiophene rings is 1. The zero-order chi connectivity index (χ0) is 15.0. The second-order valence-corrected chi connectivity index (χ2v) is 7.09. The maximum Gasteiger partial charge on any atom is 0.251 e. The largest absolute Gasteiger partial charge is 0.365 e. The number of carbonyl (C=O) groups is 2. The monoisotopic (exact) mass is 307 g/mol. The molecule has 2 heterocycles. The average molecular weight is 307 g/mol. The first-order valence-corrected chi connectivity index (χ1v) is 8.32. The molecule has 0 bridgehead atoms. The van der Waals surface area contributed by atoms with Crippen LogP contribution in [0.25, 0.3) is 0 Å². The van der Waals surface area contributed by atoms with Crippen molar-refractivity contribution in [3.8, 4) is 0 Å². The lowest BCUT2D eigenvalue weighted by Crippen LogP contribution is -2.43. The first-order chi connectivity index (χ1) is 10.1. The molecule has 1 aromatic rings. The van der Waals surface area contributed by atoms with Gasteiger partial charge in [0.05, 0.1) is 5.56 Å². The van der Waals surface area contributed by atoms with Crippen molar-refractivity contribution in [2.75, 3.05) is 11.9 Å². The van der Waals surface area contributed by atoms with E-state index in [0.717, 1.165) is 31.0 Å². The Bertz CT molecular complexity index is 566. The average Bonchev–Trinajstić information content (AvgIpc) is 2.73. The van der Waals surface area contributed by atoms with E-state index in [1.807, 2.05) is 0 Å². The van der Waals surface area contributed by atoms with Gasteiger partial charge in [0.15, 0.2) is 0 Å². The Labute approximate surface area is 128 Å². The summed E-state index contributed by atoms with van der Waals surface area (Å²) in [7, 11) is 0. The number of hydrogen-bond donors (Lipinski definition) is 2. The summed E-state index contributed by atoms with van der Waals surface area (Å²) in [6.07, 6.45) is 5.46. The number of nitrogens with one attached hydrogen (secondary N) is 1. The fourth-order valence-electron chi connectivity index (χ4n) is 3.41. The van der Waals surface area contributed by atoms with Crippen LogP contribution >= 0.6 is 11.3 Å². The highest BCUT2D eigenvalue weighted by atomic mass is 32.1. The van der Waals surface area contributed by atoms with Crippen LogP contribution in [0.2, 0.25) is 0 Å². The van der Waals surface area contributed by atoms with Crippen molar-refractivity contribution in [3.63, 3.8) is 0 Å². The third-order valence-corrected chi connectivity index (χ3v) is 6.08. The van der Waals surface area contributed by atoms with E-state index in [9.17, 15) is 9.59 Å². The third kappa shape index (κ3) is 2.58. The summed E-state index contributed by atoms with van der Waals surface area (Å²) < 4.78 is 0. The summed E-state index contributed by atoms with van der Waals surface area (Å²) in [5, 5.41) is 3.22. The van der Waals surface area contributed by atoms with Crippen molar-refractivity contribution in [1.29, 1.82) is 0 Å². The molecule has 1 aliphatic carbocycles. The van der Waals surface area contributed by atoms with Gasteiger partial charge in [-0.05, 0) is 37.7 Å².